The molecule has 3 N–H and O–H groups in total. The van der Waals surface area contributed by atoms with Gasteiger partial charge in [0.1, 0.15) is 0 Å². The van der Waals surface area contributed by atoms with E-state index in [0.29, 0.717) is 17.7 Å². The van der Waals surface area contributed by atoms with E-state index in [4.69, 9.17) is 11.1 Å². The molecule has 12 heavy (non-hydrogen) atoms. The molecule has 0 rings (SSSR count). The molecule has 2 heteroatoms. The van der Waals surface area contributed by atoms with E-state index in [1.54, 1.807) is 0 Å². The van der Waals surface area contributed by atoms with E-state index in [0.717, 1.165) is 12.8 Å². The maximum Gasteiger partial charge on any atom is 0.0942 e. The normalized spacial score (nSPS) is 18.3. The molecule has 0 aromatic carbocycles. The minimum absolute atomic E-state index is 0.278. The summed E-state index contributed by atoms with van der Waals surface area (Å²) in [6.45, 7) is 8.67. The van der Waals surface area contributed by atoms with Crippen molar-refractivity contribution in [3.8, 4) is 0 Å². The number of rotatable bonds is 5. The molecule has 0 spiro atoms. The molecule has 0 amide bonds. The summed E-state index contributed by atoms with van der Waals surface area (Å²) in [7, 11) is 0. The number of nitrogens with one attached hydrogen (secondary N) is 1. The topological polar surface area (TPSA) is 49.9 Å². The summed E-state index contributed by atoms with van der Waals surface area (Å²) < 4.78 is 0. The summed E-state index contributed by atoms with van der Waals surface area (Å²) in [5.41, 5.74) is 5.57. The summed E-state index contributed by atoms with van der Waals surface area (Å²) >= 11 is 0. The van der Waals surface area contributed by atoms with Crippen molar-refractivity contribution < 1.29 is 0 Å². The largest absolute Gasteiger partial charge is 0.387 e. The summed E-state index contributed by atoms with van der Waals surface area (Å²) in [5.74, 6) is 1.72. The van der Waals surface area contributed by atoms with Gasteiger partial charge >= 0.3 is 0 Å². The predicted molar refractivity (Wildman–Crippen MR) is 54.3 cm³/mol. The predicted octanol–water partition coefficient (Wildman–Crippen LogP) is 2.63. The van der Waals surface area contributed by atoms with E-state index in [1.807, 2.05) is 0 Å². The van der Waals surface area contributed by atoms with Crippen molar-refractivity contribution >= 4 is 5.84 Å². The van der Waals surface area contributed by atoms with Crippen LogP contribution in [0, 0.1) is 23.2 Å². The van der Waals surface area contributed by atoms with Crippen molar-refractivity contribution in [1.29, 1.82) is 5.41 Å². The molecule has 2 unspecified atom stereocenters. The van der Waals surface area contributed by atoms with Crippen LogP contribution in [-0.2, 0) is 0 Å². The smallest absolute Gasteiger partial charge is 0.0942 e. The van der Waals surface area contributed by atoms with Gasteiger partial charge in [0.05, 0.1) is 5.84 Å². The molecule has 0 aromatic heterocycles. The second-order valence-electron chi connectivity index (χ2n) is 3.75. The Hall–Kier alpha value is -0.530. The standard InChI is InChI=1S/C10H22N2/c1-5-7(3)9(10(11)12)8(4)6-2/h7-9H,5-6H2,1-4H3,(H3,11,12). The molecule has 0 aromatic rings. The Balaban J connectivity index is 4.32. The molecule has 0 aliphatic rings. The van der Waals surface area contributed by atoms with Gasteiger partial charge in [0.15, 0.2) is 0 Å². The highest BCUT2D eigenvalue weighted by molar-refractivity contribution is 5.80. The van der Waals surface area contributed by atoms with Gasteiger partial charge in [-0.3, -0.25) is 5.41 Å². The van der Waals surface area contributed by atoms with Gasteiger partial charge < -0.3 is 5.73 Å². The summed E-state index contributed by atoms with van der Waals surface area (Å²) in [6, 6.07) is 0. The monoisotopic (exact) mass is 170 g/mol. The fraction of sp³-hybridized carbons (Fsp3) is 0.900. The summed E-state index contributed by atoms with van der Waals surface area (Å²) in [6.07, 6.45) is 2.21. The van der Waals surface area contributed by atoms with Gasteiger partial charge in [-0.2, -0.15) is 0 Å². The Morgan fingerprint density at radius 3 is 1.67 bits per heavy atom. The lowest BCUT2D eigenvalue weighted by molar-refractivity contribution is 0.319. The SMILES string of the molecule is CCC(C)C(C(=N)N)C(C)CC. The molecular weight excluding hydrogens is 148 g/mol. The third kappa shape index (κ3) is 2.84. The van der Waals surface area contributed by atoms with Crippen LogP contribution in [0.3, 0.4) is 0 Å². The van der Waals surface area contributed by atoms with E-state index in [-0.39, 0.29) is 5.92 Å². The molecule has 0 aliphatic heterocycles. The van der Waals surface area contributed by atoms with E-state index in [9.17, 15) is 0 Å². The lowest BCUT2D eigenvalue weighted by Crippen LogP contribution is -2.32. The molecule has 0 bridgehead atoms. The minimum Gasteiger partial charge on any atom is -0.387 e. The van der Waals surface area contributed by atoms with E-state index < -0.39 is 0 Å². The van der Waals surface area contributed by atoms with Crippen molar-refractivity contribution in [2.24, 2.45) is 23.5 Å². The van der Waals surface area contributed by atoms with Crippen LogP contribution < -0.4 is 5.73 Å². The van der Waals surface area contributed by atoms with Crippen LogP contribution in [-0.4, -0.2) is 5.84 Å². The number of nitrogens with two attached hydrogens (primary N) is 1. The quantitative estimate of drug-likeness (QED) is 0.483. The zero-order valence-corrected chi connectivity index (χ0v) is 8.72. The highest BCUT2D eigenvalue weighted by Gasteiger charge is 2.23. The molecule has 2 nitrogen and oxygen atoms in total. The van der Waals surface area contributed by atoms with Crippen LogP contribution in [0.1, 0.15) is 40.5 Å². The van der Waals surface area contributed by atoms with Gasteiger partial charge in [0.2, 0.25) is 0 Å². The Bertz CT molecular complexity index is 133. The second kappa shape index (κ2) is 5.18. The molecule has 0 saturated carbocycles. The molecule has 72 valence electrons. The van der Waals surface area contributed by atoms with E-state index >= 15 is 0 Å². The van der Waals surface area contributed by atoms with Crippen LogP contribution in [0.25, 0.3) is 0 Å². The highest BCUT2D eigenvalue weighted by atomic mass is 14.7. The Kier molecular flexibility index (Phi) is 4.95. The summed E-state index contributed by atoms with van der Waals surface area (Å²) in [5, 5.41) is 7.50. The zero-order valence-electron chi connectivity index (χ0n) is 8.72. The average Bonchev–Trinajstić information content (AvgIpc) is 2.03. The van der Waals surface area contributed by atoms with Crippen LogP contribution >= 0.6 is 0 Å². The van der Waals surface area contributed by atoms with Crippen molar-refractivity contribution in [3.05, 3.63) is 0 Å². The average molecular weight is 170 g/mol. The lowest BCUT2D eigenvalue weighted by atomic mass is 9.80. The van der Waals surface area contributed by atoms with Crippen molar-refractivity contribution in [2.45, 2.75) is 40.5 Å². The molecular formula is C10H22N2. The van der Waals surface area contributed by atoms with Crippen LogP contribution in [0.4, 0.5) is 0 Å². The van der Waals surface area contributed by atoms with Crippen molar-refractivity contribution in [2.75, 3.05) is 0 Å². The van der Waals surface area contributed by atoms with Crippen molar-refractivity contribution in [1.82, 2.24) is 0 Å². The van der Waals surface area contributed by atoms with E-state index in [2.05, 4.69) is 27.7 Å². The number of hydrogen-bond acceptors (Lipinski definition) is 1. The summed E-state index contributed by atoms with van der Waals surface area (Å²) in [4.78, 5) is 0. The lowest BCUT2D eigenvalue weighted by Gasteiger charge is -2.27. The highest BCUT2D eigenvalue weighted by Crippen LogP contribution is 2.25. The van der Waals surface area contributed by atoms with Crippen LogP contribution in [0.5, 0.6) is 0 Å². The molecule has 0 aliphatic carbocycles. The first-order valence-corrected chi connectivity index (χ1v) is 4.88. The molecule has 0 heterocycles. The molecule has 0 radical (unpaired) electrons. The Morgan fingerprint density at radius 1 is 1.17 bits per heavy atom. The van der Waals surface area contributed by atoms with Crippen LogP contribution in [0.2, 0.25) is 0 Å². The van der Waals surface area contributed by atoms with Gasteiger partial charge in [0.25, 0.3) is 0 Å². The zero-order chi connectivity index (χ0) is 9.72. The first kappa shape index (κ1) is 11.5. The van der Waals surface area contributed by atoms with Crippen molar-refractivity contribution in [3.63, 3.8) is 0 Å². The number of amidine groups is 1. The Morgan fingerprint density at radius 2 is 1.50 bits per heavy atom. The van der Waals surface area contributed by atoms with Gasteiger partial charge in [-0.25, -0.2) is 0 Å². The first-order chi connectivity index (χ1) is 5.54. The fourth-order valence-corrected chi connectivity index (χ4v) is 1.68. The molecule has 2 atom stereocenters. The van der Waals surface area contributed by atoms with Gasteiger partial charge in [-0.1, -0.05) is 40.5 Å². The third-order valence-electron chi connectivity index (χ3n) is 2.87. The first-order valence-electron chi connectivity index (χ1n) is 4.88. The maximum atomic E-state index is 7.50. The Labute approximate surface area is 76.0 Å². The molecule has 0 saturated heterocycles. The fourth-order valence-electron chi connectivity index (χ4n) is 1.68. The van der Waals surface area contributed by atoms with E-state index in [1.165, 1.54) is 0 Å². The van der Waals surface area contributed by atoms with Gasteiger partial charge in [0, 0.05) is 5.92 Å². The maximum absolute atomic E-state index is 7.50. The second-order valence-corrected chi connectivity index (χ2v) is 3.75. The van der Waals surface area contributed by atoms with Crippen LogP contribution in [0.15, 0.2) is 0 Å². The number of hydrogen-bond donors (Lipinski definition) is 2. The molecule has 0 fully saturated rings. The van der Waals surface area contributed by atoms with Gasteiger partial charge in [-0.05, 0) is 11.8 Å². The van der Waals surface area contributed by atoms with Gasteiger partial charge in [-0.15, -0.1) is 0 Å². The minimum atomic E-state index is 0.278. The third-order valence-corrected chi connectivity index (χ3v) is 2.87.